The van der Waals surface area contributed by atoms with Gasteiger partial charge in [0.2, 0.25) is 0 Å². The number of rotatable bonds is 7. The second-order valence-corrected chi connectivity index (χ2v) is 8.29. The highest BCUT2D eigenvalue weighted by Crippen LogP contribution is 2.45. The first-order valence-electron chi connectivity index (χ1n) is 10.9. The van der Waals surface area contributed by atoms with E-state index in [0.29, 0.717) is 6.42 Å². The van der Waals surface area contributed by atoms with Gasteiger partial charge in [-0.1, -0.05) is 54.6 Å². The first-order valence-corrected chi connectivity index (χ1v) is 10.9. The molecule has 6 heteroatoms. The van der Waals surface area contributed by atoms with Crippen molar-refractivity contribution in [2.24, 2.45) is 0 Å². The molecule has 1 saturated carbocycles. The van der Waals surface area contributed by atoms with Gasteiger partial charge in [-0.05, 0) is 54.7 Å². The van der Waals surface area contributed by atoms with Gasteiger partial charge in [0.1, 0.15) is 11.6 Å². The predicted octanol–water partition coefficient (Wildman–Crippen LogP) is 4.84. The van der Waals surface area contributed by atoms with Crippen LogP contribution in [0.4, 0.5) is 4.79 Å². The lowest BCUT2D eigenvalue weighted by atomic mass is 10.0. The van der Waals surface area contributed by atoms with Crippen LogP contribution in [-0.4, -0.2) is 23.1 Å². The molecule has 0 saturated heterocycles. The summed E-state index contributed by atoms with van der Waals surface area (Å²) < 4.78 is 5.27. The number of imidazole rings is 1. The fourth-order valence-corrected chi connectivity index (χ4v) is 4.13. The Balaban J connectivity index is 1.38. The first kappa shape index (κ1) is 20.1. The number of H-pyrrole nitrogens is 1. The molecule has 1 unspecified atom stereocenters. The molecule has 6 nitrogen and oxygen atoms in total. The number of ether oxygens (including phenoxy) is 1. The number of carbonyl (C=O) groups is 1. The van der Waals surface area contributed by atoms with Crippen molar-refractivity contribution >= 4 is 17.1 Å². The maximum Gasteiger partial charge on any atom is 0.316 e. The van der Waals surface area contributed by atoms with E-state index in [0.717, 1.165) is 46.6 Å². The molecule has 0 spiro atoms. The number of para-hydroxylation sites is 2. The smallest absolute Gasteiger partial charge is 0.316 e. The Morgan fingerprint density at radius 3 is 2.44 bits per heavy atom. The molecule has 5 rings (SSSR count). The standard InChI is InChI=1S/C26H26N4O2/c1-32-20-13-11-18(12-14-20)17-23(24-27-21-9-5-6-10-22(21)28-24)29-25(31)30-26(15-16-26)19-7-3-2-4-8-19/h2-14,23H,15-17H2,1H3,(H,27,28)(H2,29,30,31). The molecule has 4 aromatic rings. The minimum atomic E-state index is -0.303. The molecule has 2 amide bonds. The molecule has 1 heterocycles. The van der Waals surface area contributed by atoms with Gasteiger partial charge in [0, 0.05) is 0 Å². The van der Waals surface area contributed by atoms with Gasteiger partial charge in [-0.3, -0.25) is 0 Å². The number of hydrogen-bond donors (Lipinski definition) is 3. The van der Waals surface area contributed by atoms with Crippen LogP contribution in [0.25, 0.3) is 11.0 Å². The molecule has 32 heavy (non-hydrogen) atoms. The number of nitrogens with zero attached hydrogens (tertiary/aromatic N) is 1. The average Bonchev–Trinajstić information content (AvgIpc) is 3.47. The van der Waals surface area contributed by atoms with Gasteiger partial charge in [-0.2, -0.15) is 0 Å². The summed E-state index contributed by atoms with van der Waals surface area (Å²) in [5.74, 6) is 1.54. The molecule has 1 aliphatic carbocycles. The van der Waals surface area contributed by atoms with Crippen LogP contribution in [0, 0.1) is 0 Å². The minimum absolute atomic E-state index is 0.190. The third-order valence-electron chi connectivity index (χ3n) is 6.07. The Hall–Kier alpha value is -3.80. The topological polar surface area (TPSA) is 79.0 Å². The molecule has 162 valence electrons. The maximum atomic E-state index is 13.1. The van der Waals surface area contributed by atoms with E-state index in [1.165, 1.54) is 0 Å². The summed E-state index contributed by atoms with van der Waals surface area (Å²) in [5, 5.41) is 6.37. The summed E-state index contributed by atoms with van der Waals surface area (Å²) in [6, 6.07) is 25.4. The second-order valence-electron chi connectivity index (χ2n) is 8.29. The molecular weight excluding hydrogens is 400 g/mol. The van der Waals surface area contributed by atoms with E-state index in [4.69, 9.17) is 9.72 Å². The van der Waals surface area contributed by atoms with E-state index in [1.54, 1.807) is 7.11 Å². The van der Waals surface area contributed by atoms with Crippen molar-refractivity contribution < 1.29 is 9.53 Å². The molecule has 1 fully saturated rings. The number of aromatic nitrogens is 2. The minimum Gasteiger partial charge on any atom is -0.497 e. The van der Waals surface area contributed by atoms with Crippen molar-refractivity contribution in [2.75, 3.05) is 7.11 Å². The lowest BCUT2D eigenvalue weighted by Gasteiger charge is -2.22. The Morgan fingerprint density at radius 1 is 1.03 bits per heavy atom. The highest BCUT2D eigenvalue weighted by atomic mass is 16.5. The van der Waals surface area contributed by atoms with Crippen molar-refractivity contribution in [1.29, 1.82) is 0 Å². The largest absolute Gasteiger partial charge is 0.497 e. The van der Waals surface area contributed by atoms with E-state index >= 15 is 0 Å². The summed E-state index contributed by atoms with van der Waals surface area (Å²) in [5.41, 5.74) is 3.79. The zero-order valence-electron chi connectivity index (χ0n) is 18.0. The van der Waals surface area contributed by atoms with Gasteiger partial charge in [-0.25, -0.2) is 9.78 Å². The zero-order chi connectivity index (χ0) is 22.0. The summed E-state index contributed by atoms with van der Waals surface area (Å²) in [6.45, 7) is 0. The highest BCUT2D eigenvalue weighted by Gasteiger charge is 2.45. The quantitative estimate of drug-likeness (QED) is 0.395. The molecule has 3 aromatic carbocycles. The third-order valence-corrected chi connectivity index (χ3v) is 6.07. The molecule has 3 N–H and O–H groups in total. The number of urea groups is 1. The van der Waals surface area contributed by atoms with E-state index in [-0.39, 0.29) is 17.6 Å². The van der Waals surface area contributed by atoms with Crippen molar-refractivity contribution in [3.63, 3.8) is 0 Å². The fraction of sp³-hybridized carbons (Fsp3) is 0.231. The number of nitrogens with one attached hydrogen (secondary N) is 3. The van der Waals surface area contributed by atoms with E-state index < -0.39 is 0 Å². The second kappa shape index (κ2) is 8.38. The molecule has 0 aliphatic heterocycles. The number of aromatic amines is 1. The van der Waals surface area contributed by atoms with E-state index in [1.807, 2.05) is 66.7 Å². The molecular formula is C26H26N4O2. The van der Waals surface area contributed by atoms with Gasteiger partial charge in [-0.15, -0.1) is 0 Å². The SMILES string of the molecule is COc1ccc(CC(NC(=O)NC2(c3ccccc3)CC2)c2nc3ccccc3[nH]2)cc1. The van der Waals surface area contributed by atoms with Gasteiger partial charge >= 0.3 is 6.03 Å². The summed E-state index contributed by atoms with van der Waals surface area (Å²) in [6.07, 6.45) is 2.49. The van der Waals surface area contributed by atoms with Crippen LogP contribution in [0.1, 0.15) is 35.8 Å². The van der Waals surface area contributed by atoms with Gasteiger partial charge < -0.3 is 20.4 Å². The van der Waals surface area contributed by atoms with Crippen LogP contribution >= 0.6 is 0 Å². The summed E-state index contributed by atoms with van der Waals surface area (Å²) in [4.78, 5) is 21.2. The summed E-state index contributed by atoms with van der Waals surface area (Å²) >= 11 is 0. The number of hydrogen-bond acceptors (Lipinski definition) is 3. The maximum absolute atomic E-state index is 13.1. The average molecular weight is 427 g/mol. The number of fused-ring (bicyclic) bond motifs is 1. The van der Waals surface area contributed by atoms with E-state index in [9.17, 15) is 4.79 Å². The van der Waals surface area contributed by atoms with Crippen LogP contribution in [0.15, 0.2) is 78.9 Å². The van der Waals surface area contributed by atoms with Crippen molar-refractivity contribution in [2.45, 2.75) is 30.8 Å². The Bertz CT molecular complexity index is 1180. The number of methoxy groups -OCH3 is 1. The molecule has 0 bridgehead atoms. The van der Waals surface area contributed by atoms with Crippen LogP contribution in [0.2, 0.25) is 0 Å². The predicted molar refractivity (Wildman–Crippen MR) is 125 cm³/mol. The van der Waals surface area contributed by atoms with Crippen molar-refractivity contribution in [1.82, 2.24) is 20.6 Å². The third kappa shape index (κ3) is 4.17. The number of carbonyl (C=O) groups excluding carboxylic acids is 1. The summed E-state index contributed by atoms with van der Waals surface area (Å²) in [7, 11) is 1.65. The molecule has 1 atom stereocenters. The monoisotopic (exact) mass is 426 g/mol. The number of benzene rings is 3. The van der Waals surface area contributed by atoms with Crippen molar-refractivity contribution in [3.8, 4) is 5.75 Å². The Kier molecular flexibility index (Phi) is 5.27. The fourth-order valence-electron chi connectivity index (χ4n) is 4.13. The zero-order valence-corrected chi connectivity index (χ0v) is 18.0. The van der Waals surface area contributed by atoms with Crippen LogP contribution < -0.4 is 15.4 Å². The number of amides is 2. The highest BCUT2D eigenvalue weighted by molar-refractivity contribution is 5.77. The first-order chi connectivity index (χ1) is 15.6. The van der Waals surface area contributed by atoms with Gasteiger partial charge in [0.25, 0.3) is 0 Å². The van der Waals surface area contributed by atoms with Crippen LogP contribution in [-0.2, 0) is 12.0 Å². The molecule has 0 radical (unpaired) electrons. The Morgan fingerprint density at radius 2 is 1.75 bits per heavy atom. The van der Waals surface area contributed by atoms with Crippen LogP contribution in [0.3, 0.4) is 0 Å². The lowest BCUT2D eigenvalue weighted by Crippen LogP contribution is -2.44. The van der Waals surface area contributed by atoms with Gasteiger partial charge in [0.15, 0.2) is 0 Å². The van der Waals surface area contributed by atoms with Crippen molar-refractivity contribution in [3.05, 3.63) is 95.8 Å². The normalized spacial score (nSPS) is 15.2. The molecule has 1 aliphatic rings. The van der Waals surface area contributed by atoms with Crippen LogP contribution in [0.5, 0.6) is 5.75 Å². The van der Waals surface area contributed by atoms with Gasteiger partial charge in [0.05, 0.1) is 29.7 Å². The lowest BCUT2D eigenvalue weighted by molar-refractivity contribution is 0.231. The van der Waals surface area contributed by atoms with E-state index in [2.05, 4.69) is 27.8 Å². The molecule has 1 aromatic heterocycles. The Labute approximate surface area is 187 Å².